The van der Waals surface area contributed by atoms with Gasteiger partial charge in [0.1, 0.15) is 0 Å². The van der Waals surface area contributed by atoms with Gasteiger partial charge in [-0.15, -0.1) is 11.3 Å². The lowest BCUT2D eigenvalue weighted by Gasteiger charge is -2.26. The lowest BCUT2D eigenvalue weighted by atomic mass is 10.2. The molecule has 0 aliphatic carbocycles. The van der Waals surface area contributed by atoms with Crippen molar-refractivity contribution in [2.45, 2.75) is 32.2 Å². The van der Waals surface area contributed by atoms with Gasteiger partial charge in [-0.2, -0.15) is 0 Å². The summed E-state index contributed by atoms with van der Waals surface area (Å²) in [7, 11) is 0. The molecule has 4 heteroatoms. The summed E-state index contributed by atoms with van der Waals surface area (Å²) in [4.78, 5) is 15.2. The Hall–Kier alpha value is -0.870. The SMILES string of the molecule is CCC(=O)NCC(c1cccs1)N1CCCC1. The number of carbonyl (C=O) groups is 1. The molecule has 1 aliphatic rings. The van der Waals surface area contributed by atoms with Crippen LogP contribution in [0.25, 0.3) is 0 Å². The van der Waals surface area contributed by atoms with Crippen molar-refractivity contribution in [2.75, 3.05) is 19.6 Å². The summed E-state index contributed by atoms with van der Waals surface area (Å²) in [6.45, 7) is 4.95. The van der Waals surface area contributed by atoms with Gasteiger partial charge in [0.25, 0.3) is 0 Å². The highest BCUT2D eigenvalue weighted by atomic mass is 32.1. The van der Waals surface area contributed by atoms with Crippen LogP contribution in [0.4, 0.5) is 0 Å². The van der Waals surface area contributed by atoms with Crippen molar-refractivity contribution in [1.82, 2.24) is 10.2 Å². The first-order valence-corrected chi connectivity index (χ1v) is 7.23. The summed E-state index contributed by atoms with van der Waals surface area (Å²) < 4.78 is 0. The lowest BCUT2D eigenvalue weighted by Crippen LogP contribution is -2.36. The monoisotopic (exact) mass is 252 g/mol. The molecule has 94 valence electrons. The third-order valence-electron chi connectivity index (χ3n) is 3.27. The number of amides is 1. The van der Waals surface area contributed by atoms with Crippen molar-refractivity contribution in [3.8, 4) is 0 Å². The van der Waals surface area contributed by atoms with Crippen LogP contribution in [0, 0.1) is 0 Å². The Kier molecular flexibility index (Phi) is 4.57. The maximum absolute atomic E-state index is 11.4. The molecule has 0 spiro atoms. The Bertz CT molecular complexity index is 344. The van der Waals surface area contributed by atoms with Crippen LogP contribution in [0.2, 0.25) is 0 Å². The van der Waals surface area contributed by atoms with Gasteiger partial charge in [-0.3, -0.25) is 9.69 Å². The van der Waals surface area contributed by atoms with Gasteiger partial charge in [-0.25, -0.2) is 0 Å². The number of hydrogen-bond donors (Lipinski definition) is 1. The lowest BCUT2D eigenvalue weighted by molar-refractivity contribution is -0.121. The van der Waals surface area contributed by atoms with Crippen molar-refractivity contribution < 1.29 is 4.79 Å². The summed E-state index contributed by atoms with van der Waals surface area (Å²) in [6, 6.07) is 4.63. The molecule has 1 aromatic heterocycles. The molecule has 1 amide bonds. The molecule has 1 fully saturated rings. The molecule has 1 aliphatic heterocycles. The van der Waals surface area contributed by atoms with E-state index in [0.717, 1.165) is 19.6 Å². The first-order chi connectivity index (χ1) is 8.31. The maximum Gasteiger partial charge on any atom is 0.219 e. The van der Waals surface area contributed by atoms with Crippen LogP contribution >= 0.6 is 11.3 Å². The molecular weight excluding hydrogens is 232 g/mol. The highest BCUT2D eigenvalue weighted by Crippen LogP contribution is 2.27. The number of nitrogens with zero attached hydrogens (tertiary/aromatic N) is 1. The summed E-state index contributed by atoms with van der Waals surface area (Å²) in [5.41, 5.74) is 0. The Morgan fingerprint density at radius 3 is 2.88 bits per heavy atom. The number of hydrogen-bond acceptors (Lipinski definition) is 3. The number of carbonyl (C=O) groups excluding carboxylic acids is 1. The second-order valence-electron chi connectivity index (χ2n) is 4.43. The van der Waals surface area contributed by atoms with Crippen LogP contribution in [0.15, 0.2) is 17.5 Å². The molecule has 1 aromatic rings. The quantitative estimate of drug-likeness (QED) is 0.873. The molecular formula is C13H20N2OS. The van der Waals surface area contributed by atoms with Crippen LogP contribution in [-0.2, 0) is 4.79 Å². The van der Waals surface area contributed by atoms with Crippen molar-refractivity contribution in [3.05, 3.63) is 22.4 Å². The van der Waals surface area contributed by atoms with Gasteiger partial charge in [-0.1, -0.05) is 13.0 Å². The highest BCUT2D eigenvalue weighted by Gasteiger charge is 2.24. The summed E-state index contributed by atoms with van der Waals surface area (Å²) in [5.74, 6) is 0.144. The largest absolute Gasteiger partial charge is 0.354 e. The average molecular weight is 252 g/mol. The van der Waals surface area contributed by atoms with Crippen LogP contribution < -0.4 is 5.32 Å². The van der Waals surface area contributed by atoms with E-state index in [1.165, 1.54) is 17.7 Å². The van der Waals surface area contributed by atoms with E-state index < -0.39 is 0 Å². The first kappa shape index (κ1) is 12.6. The van der Waals surface area contributed by atoms with Gasteiger partial charge in [0.15, 0.2) is 0 Å². The molecule has 0 radical (unpaired) electrons. The van der Waals surface area contributed by atoms with Crippen LogP contribution in [0.5, 0.6) is 0 Å². The first-order valence-electron chi connectivity index (χ1n) is 6.35. The molecule has 17 heavy (non-hydrogen) atoms. The van der Waals surface area contributed by atoms with Gasteiger partial charge in [0.05, 0.1) is 6.04 Å². The van der Waals surface area contributed by atoms with E-state index in [1.807, 2.05) is 6.92 Å². The highest BCUT2D eigenvalue weighted by molar-refractivity contribution is 7.10. The van der Waals surface area contributed by atoms with Gasteiger partial charge < -0.3 is 5.32 Å². The van der Waals surface area contributed by atoms with E-state index in [2.05, 4.69) is 27.7 Å². The van der Waals surface area contributed by atoms with Gasteiger partial charge >= 0.3 is 0 Å². The fraction of sp³-hybridized carbons (Fsp3) is 0.615. The van der Waals surface area contributed by atoms with Gasteiger partial charge in [-0.05, 0) is 37.4 Å². The molecule has 0 aromatic carbocycles. The van der Waals surface area contributed by atoms with E-state index in [-0.39, 0.29) is 5.91 Å². The molecule has 1 saturated heterocycles. The Morgan fingerprint density at radius 1 is 1.53 bits per heavy atom. The number of nitrogens with one attached hydrogen (secondary N) is 1. The molecule has 3 nitrogen and oxygen atoms in total. The molecule has 1 N–H and O–H groups in total. The van der Waals surface area contributed by atoms with Gasteiger partial charge in [0, 0.05) is 17.8 Å². The molecule has 1 unspecified atom stereocenters. The predicted molar refractivity (Wildman–Crippen MR) is 71.2 cm³/mol. The number of likely N-dealkylation sites (tertiary alicyclic amines) is 1. The third kappa shape index (κ3) is 3.30. The standard InChI is InChI=1S/C13H20N2OS/c1-2-13(16)14-10-11(12-6-5-9-17-12)15-7-3-4-8-15/h5-6,9,11H,2-4,7-8,10H2,1H3,(H,14,16). The smallest absolute Gasteiger partial charge is 0.219 e. The average Bonchev–Trinajstić information content (AvgIpc) is 3.01. The topological polar surface area (TPSA) is 32.3 Å². The molecule has 2 rings (SSSR count). The zero-order valence-corrected chi connectivity index (χ0v) is 11.1. The molecule has 0 bridgehead atoms. The predicted octanol–water partition coefficient (Wildman–Crippen LogP) is 2.41. The van der Waals surface area contributed by atoms with E-state index in [1.54, 1.807) is 11.3 Å². The maximum atomic E-state index is 11.4. The second-order valence-corrected chi connectivity index (χ2v) is 5.41. The van der Waals surface area contributed by atoms with E-state index in [9.17, 15) is 4.79 Å². The Balaban J connectivity index is 1.99. The van der Waals surface area contributed by atoms with Crippen LogP contribution in [0.1, 0.15) is 37.1 Å². The zero-order chi connectivity index (χ0) is 12.1. The number of thiophene rings is 1. The normalized spacial score (nSPS) is 18.2. The Labute approximate surface area is 107 Å². The fourth-order valence-electron chi connectivity index (χ4n) is 2.28. The van der Waals surface area contributed by atoms with Crippen molar-refractivity contribution in [2.24, 2.45) is 0 Å². The minimum absolute atomic E-state index is 0.144. The van der Waals surface area contributed by atoms with Crippen molar-refractivity contribution in [1.29, 1.82) is 0 Å². The van der Waals surface area contributed by atoms with E-state index in [0.29, 0.717) is 12.5 Å². The minimum atomic E-state index is 0.144. The summed E-state index contributed by atoms with van der Waals surface area (Å²) in [6.07, 6.45) is 3.13. The third-order valence-corrected chi connectivity index (χ3v) is 4.24. The molecule has 1 atom stereocenters. The van der Waals surface area contributed by atoms with E-state index in [4.69, 9.17) is 0 Å². The minimum Gasteiger partial charge on any atom is -0.354 e. The molecule has 0 saturated carbocycles. The van der Waals surface area contributed by atoms with Crippen LogP contribution in [-0.4, -0.2) is 30.4 Å². The Morgan fingerprint density at radius 2 is 2.29 bits per heavy atom. The van der Waals surface area contributed by atoms with Crippen molar-refractivity contribution >= 4 is 17.2 Å². The van der Waals surface area contributed by atoms with E-state index >= 15 is 0 Å². The number of rotatable bonds is 5. The summed E-state index contributed by atoms with van der Waals surface area (Å²) in [5, 5.41) is 5.13. The fourth-order valence-corrected chi connectivity index (χ4v) is 3.14. The molecule has 2 heterocycles. The van der Waals surface area contributed by atoms with Crippen molar-refractivity contribution in [3.63, 3.8) is 0 Å². The van der Waals surface area contributed by atoms with Crippen LogP contribution in [0.3, 0.4) is 0 Å². The summed E-state index contributed by atoms with van der Waals surface area (Å²) >= 11 is 1.78. The van der Waals surface area contributed by atoms with Gasteiger partial charge in [0.2, 0.25) is 5.91 Å². The zero-order valence-electron chi connectivity index (χ0n) is 10.3. The second kappa shape index (κ2) is 6.17.